The first-order valence-corrected chi connectivity index (χ1v) is 7.75. The van der Waals surface area contributed by atoms with Gasteiger partial charge in [0, 0.05) is 24.8 Å². The molecule has 0 unspecified atom stereocenters. The molecule has 0 aromatic heterocycles. The summed E-state index contributed by atoms with van der Waals surface area (Å²) in [5.74, 6) is -0.996. The Hall–Kier alpha value is -2.06. The van der Waals surface area contributed by atoms with E-state index in [1.807, 2.05) is 6.92 Å². The molecule has 1 amide bonds. The first-order chi connectivity index (χ1) is 11.5. The fraction of sp³-hybridized carbons (Fsp3) is 0.500. The number of halogens is 6. The third kappa shape index (κ3) is 4.73. The van der Waals surface area contributed by atoms with Gasteiger partial charge in [-0.2, -0.15) is 26.3 Å². The lowest BCUT2D eigenvalue weighted by Gasteiger charge is -2.15. The van der Waals surface area contributed by atoms with Crippen molar-refractivity contribution >= 4 is 11.6 Å². The number of nitrogens with zero attached hydrogens (tertiary/aromatic N) is 1. The average molecular weight is 367 g/mol. The quantitative estimate of drug-likeness (QED) is 0.623. The minimum Gasteiger partial charge on any atom is -0.264 e. The monoisotopic (exact) mass is 367 g/mol. The van der Waals surface area contributed by atoms with E-state index < -0.39 is 35.0 Å². The summed E-state index contributed by atoms with van der Waals surface area (Å²) in [6.07, 6.45) is -6.90. The SMILES string of the molecule is CCC1=[N+](NC(=O)c2cc(C(F)(F)F)cc(C(F)(F)F)c2)CCCC1. The molecule has 0 fully saturated rings. The van der Waals surface area contributed by atoms with Gasteiger partial charge in [-0.15, -0.1) is 10.1 Å². The molecule has 9 heteroatoms. The van der Waals surface area contributed by atoms with Crippen LogP contribution in [0.15, 0.2) is 18.2 Å². The van der Waals surface area contributed by atoms with Crippen LogP contribution in [0.2, 0.25) is 0 Å². The molecule has 1 aromatic carbocycles. The molecule has 0 atom stereocenters. The Labute approximate surface area is 140 Å². The second-order valence-electron chi connectivity index (χ2n) is 5.76. The van der Waals surface area contributed by atoms with Crippen LogP contribution in [0.1, 0.15) is 54.1 Å². The van der Waals surface area contributed by atoms with Crippen LogP contribution in [0, 0.1) is 0 Å². The van der Waals surface area contributed by atoms with Crippen LogP contribution in [0.5, 0.6) is 0 Å². The van der Waals surface area contributed by atoms with Crippen LogP contribution in [-0.4, -0.2) is 22.8 Å². The van der Waals surface area contributed by atoms with Gasteiger partial charge in [-0.25, -0.2) is 0 Å². The highest BCUT2D eigenvalue weighted by molar-refractivity contribution is 5.94. The molecular formula is C16H17F6N2O+. The Kier molecular flexibility index (Phi) is 5.43. The Morgan fingerprint density at radius 1 is 1.04 bits per heavy atom. The van der Waals surface area contributed by atoms with Gasteiger partial charge in [0.15, 0.2) is 12.3 Å². The molecule has 1 aliphatic heterocycles. The summed E-state index contributed by atoms with van der Waals surface area (Å²) < 4.78 is 78.7. The van der Waals surface area contributed by atoms with Gasteiger partial charge in [0.2, 0.25) is 0 Å². The number of carbonyl (C=O) groups is 1. The number of hydrogen-bond acceptors (Lipinski definition) is 1. The molecular weight excluding hydrogens is 350 g/mol. The lowest BCUT2D eigenvalue weighted by Crippen LogP contribution is -2.41. The number of rotatable bonds is 3. The van der Waals surface area contributed by atoms with Gasteiger partial charge in [-0.05, 0) is 24.6 Å². The Balaban J connectivity index is 2.40. The third-order valence-corrected chi connectivity index (χ3v) is 3.97. The predicted octanol–water partition coefficient (Wildman–Crippen LogP) is 4.42. The average Bonchev–Trinajstić information content (AvgIpc) is 2.53. The van der Waals surface area contributed by atoms with Gasteiger partial charge < -0.3 is 0 Å². The molecule has 2 rings (SSSR count). The van der Waals surface area contributed by atoms with E-state index in [0.717, 1.165) is 25.0 Å². The zero-order valence-electron chi connectivity index (χ0n) is 13.4. The number of hydrogen-bond donors (Lipinski definition) is 1. The van der Waals surface area contributed by atoms with Crippen LogP contribution >= 0.6 is 0 Å². The minimum atomic E-state index is -4.98. The lowest BCUT2D eigenvalue weighted by molar-refractivity contribution is -0.578. The van der Waals surface area contributed by atoms with Gasteiger partial charge in [-0.3, -0.25) is 4.79 Å². The molecule has 25 heavy (non-hydrogen) atoms. The Morgan fingerprint density at radius 3 is 2.08 bits per heavy atom. The van der Waals surface area contributed by atoms with Crippen molar-refractivity contribution in [2.45, 2.75) is 45.0 Å². The van der Waals surface area contributed by atoms with Crippen LogP contribution in [0.3, 0.4) is 0 Å². The van der Waals surface area contributed by atoms with E-state index >= 15 is 0 Å². The third-order valence-electron chi connectivity index (χ3n) is 3.97. The normalized spacial score (nSPS) is 16.1. The molecule has 0 radical (unpaired) electrons. The van der Waals surface area contributed by atoms with Gasteiger partial charge >= 0.3 is 18.3 Å². The maximum atomic E-state index is 12.9. The van der Waals surface area contributed by atoms with E-state index in [-0.39, 0.29) is 6.07 Å². The summed E-state index contributed by atoms with van der Waals surface area (Å²) in [6, 6.07) is 0.863. The van der Waals surface area contributed by atoms with Crippen molar-refractivity contribution in [3.05, 3.63) is 34.9 Å². The molecule has 0 aliphatic carbocycles. The Bertz CT molecular complexity index is 659. The molecule has 0 saturated heterocycles. The smallest absolute Gasteiger partial charge is 0.264 e. The molecule has 0 saturated carbocycles. The van der Waals surface area contributed by atoms with Crippen molar-refractivity contribution in [3.63, 3.8) is 0 Å². The van der Waals surface area contributed by atoms with E-state index in [0.29, 0.717) is 25.1 Å². The number of alkyl halides is 6. The minimum absolute atomic E-state index is 0.00126. The molecule has 0 bridgehead atoms. The summed E-state index contributed by atoms with van der Waals surface area (Å²) in [5, 5.41) is 0. The Morgan fingerprint density at radius 2 is 1.60 bits per heavy atom. The molecule has 0 spiro atoms. The van der Waals surface area contributed by atoms with Crippen LogP contribution in [0.4, 0.5) is 26.3 Å². The van der Waals surface area contributed by atoms with Gasteiger partial charge in [0.05, 0.1) is 11.1 Å². The second kappa shape index (κ2) is 7.05. The number of benzene rings is 1. The zero-order chi connectivity index (χ0) is 18.8. The zero-order valence-corrected chi connectivity index (χ0v) is 13.4. The van der Waals surface area contributed by atoms with Crippen molar-refractivity contribution in [2.24, 2.45) is 0 Å². The lowest BCUT2D eigenvalue weighted by atomic mass is 10.0. The van der Waals surface area contributed by atoms with E-state index in [4.69, 9.17) is 0 Å². The molecule has 1 aromatic rings. The van der Waals surface area contributed by atoms with Crippen LogP contribution in [0.25, 0.3) is 0 Å². The van der Waals surface area contributed by atoms with Gasteiger partial charge in [0.1, 0.15) is 0 Å². The number of nitrogens with one attached hydrogen (secondary N) is 1. The first-order valence-electron chi connectivity index (χ1n) is 7.75. The highest BCUT2D eigenvalue weighted by Crippen LogP contribution is 2.36. The largest absolute Gasteiger partial charge is 0.416 e. The van der Waals surface area contributed by atoms with Gasteiger partial charge in [0.25, 0.3) is 0 Å². The van der Waals surface area contributed by atoms with Crippen molar-refractivity contribution in [1.82, 2.24) is 5.43 Å². The number of carbonyl (C=O) groups excluding carboxylic acids is 1. The summed E-state index contributed by atoms with van der Waals surface area (Å²) in [6.45, 7) is 2.34. The van der Waals surface area contributed by atoms with Gasteiger partial charge in [-0.1, -0.05) is 6.92 Å². The van der Waals surface area contributed by atoms with E-state index in [2.05, 4.69) is 5.43 Å². The van der Waals surface area contributed by atoms with Crippen LogP contribution < -0.4 is 5.43 Å². The first kappa shape index (κ1) is 19.3. The number of hydrazone groups is 1. The molecule has 1 aliphatic rings. The van der Waals surface area contributed by atoms with Crippen molar-refractivity contribution in [3.8, 4) is 0 Å². The fourth-order valence-electron chi connectivity index (χ4n) is 2.67. The number of amides is 1. The van der Waals surface area contributed by atoms with E-state index in [9.17, 15) is 31.1 Å². The summed E-state index contributed by atoms with van der Waals surface area (Å²) in [7, 11) is 0. The standard InChI is InChI=1S/C16H16F6N2O/c1-2-13-5-3-4-6-24(13)23-14(25)10-7-11(15(17,18)19)9-12(8-10)16(20,21)22/h7-9H,2-6H2,1H3/p+1. The highest BCUT2D eigenvalue weighted by Gasteiger charge is 2.38. The maximum absolute atomic E-state index is 12.9. The van der Waals surface area contributed by atoms with Crippen molar-refractivity contribution in [1.29, 1.82) is 0 Å². The molecule has 1 N–H and O–H groups in total. The van der Waals surface area contributed by atoms with E-state index in [1.165, 1.54) is 4.68 Å². The molecule has 1 heterocycles. The highest BCUT2D eigenvalue weighted by atomic mass is 19.4. The molecule has 138 valence electrons. The second-order valence-corrected chi connectivity index (χ2v) is 5.76. The van der Waals surface area contributed by atoms with Crippen molar-refractivity contribution < 1.29 is 35.8 Å². The molecule has 3 nitrogen and oxygen atoms in total. The predicted molar refractivity (Wildman–Crippen MR) is 78.2 cm³/mol. The van der Waals surface area contributed by atoms with Crippen molar-refractivity contribution in [2.75, 3.05) is 6.54 Å². The fourth-order valence-corrected chi connectivity index (χ4v) is 2.67. The topological polar surface area (TPSA) is 32.1 Å². The summed E-state index contributed by atoms with van der Waals surface area (Å²) in [5.41, 5.74) is -0.387. The summed E-state index contributed by atoms with van der Waals surface area (Å²) >= 11 is 0. The summed E-state index contributed by atoms with van der Waals surface area (Å²) in [4.78, 5) is 12.2. The number of hydrazine groups is 1. The van der Waals surface area contributed by atoms with E-state index in [1.54, 1.807) is 0 Å². The maximum Gasteiger partial charge on any atom is 0.416 e. The van der Waals surface area contributed by atoms with Crippen LogP contribution in [-0.2, 0) is 12.4 Å².